The molecule has 1 unspecified atom stereocenters. The van der Waals surface area contributed by atoms with Gasteiger partial charge >= 0.3 is 5.97 Å². The molecule has 0 amide bonds. The van der Waals surface area contributed by atoms with Crippen molar-refractivity contribution in [1.82, 2.24) is 4.98 Å². The first kappa shape index (κ1) is 17.2. The van der Waals surface area contributed by atoms with Crippen molar-refractivity contribution in [3.8, 4) is 0 Å². The zero-order valence-corrected chi connectivity index (χ0v) is 13.9. The van der Waals surface area contributed by atoms with Gasteiger partial charge in [0.25, 0.3) is 0 Å². The van der Waals surface area contributed by atoms with Crippen LogP contribution in [0.15, 0.2) is 29.4 Å². The second kappa shape index (κ2) is 9.12. The molecule has 1 aliphatic rings. The molecule has 5 nitrogen and oxygen atoms in total. The first-order valence-electron chi connectivity index (χ1n) is 7.61. The largest absolute Gasteiger partial charge is 0.468 e. The number of esters is 1. The number of hydrogen-bond donors (Lipinski definition) is 0. The van der Waals surface area contributed by atoms with Crippen molar-refractivity contribution in [2.45, 2.75) is 55.3 Å². The molecular weight excluding hydrogens is 302 g/mol. The van der Waals surface area contributed by atoms with Crippen LogP contribution in [0.25, 0.3) is 0 Å². The van der Waals surface area contributed by atoms with Crippen LogP contribution in [0.2, 0.25) is 0 Å². The molecule has 0 bridgehead atoms. The highest BCUT2D eigenvalue weighted by Gasteiger charge is 2.26. The molecule has 0 aromatic carbocycles. The highest BCUT2D eigenvalue weighted by atomic mass is 32.2. The summed E-state index contributed by atoms with van der Waals surface area (Å²) in [7, 11) is 1.41. The molecule has 1 aromatic rings. The van der Waals surface area contributed by atoms with Crippen molar-refractivity contribution in [3.05, 3.63) is 24.4 Å². The number of pyridine rings is 1. The maximum Gasteiger partial charge on any atom is 0.319 e. The second-order valence-corrected chi connectivity index (χ2v) is 6.50. The fraction of sp³-hybridized carbons (Fsp3) is 0.625. The molecule has 6 heteroatoms. The van der Waals surface area contributed by atoms with Gasteiger partial charge in [0.05, 0.1) is 18.2 Å². The van der Waals surface area contributed by atoms with E-state index in [2.05, 4.69) is 4.98 Å². The lowest BCUT2D eigenvalue weighted by Gasteiger charge is -2.27. The van der Waals surface area contributed by atoms with Crippen LogP contribution in [0.1, 0.15) is 32.6 Å². The topological polar surface area (TPSA) is 57.7 Å². The van der Waals surface area contributed by atoms with Gasteiger partial charge in [0.2, 0.25) is 0 Å². The van der Waals surface area contributed by atoms with E-state index in [1.165, 1.54) is 18.9 Å². The predicted molar refractivity (Wildman–Crippen MR) is 84.7 cm³/mol. The quantitative estimate of drug-likeness (QED) is 0.567. The summed E-state index contributed by atoms with van der Waals surface area (Å²) in [6, 6.07) is 5.64. The van der Waals surface area contributed by atoms with Crippen LogP contribution in [0.3, 0.4) is 0 Å². The number of ether oxygens (including phenoxy) is 3. The SMILES string of the molecule is COC(=O)[C@H](CC(C)O[C@@H]1CCCCO1)Sc1ccccn1. The summed E-state index contributed by atoms with van der Waals surface area (Å²) in [4.78, 5) is 16.2. The molecule has 1 fully saturated rings. The number of nitrogens with zero attached hydrogens (tertiary/aromatic N) is 1. The Hall–Kier alpha value is -1.11. The summed E-state index contributed by atoms with van der Waals surface area (Å²) >= 11 is 1.41. The van der Waals surface area contributed by atoms with E-state index in [4.69, 9.17) is 14.2 Å². The number of rotatable bonds is 7. The van der Waals surface area contributed by atoms with Gasteiger partial charge in [-0.15, -0.1) is 0 Å². The molecule has 2 rings (SSSR count). The van der Waals surface area contributed by atoms with Gasteiger partial charge in [0.15, 0.2) is 6.29 Å². The third-order valence-electron chi connectivity index (χ3n) is 3.43. The molecule has 0 spiro atoms. The van der Waals surface area contributed by atoms with Gasteiger partial charge in [0.1, 0.15) is 5.25 Å². The van der Waals surface area contributed by atoms with Gasteiger partial charge in [-0.2, -0.15) is 0 Å². The first-order valence-corrected chi connectivity index (χ1v) is 8.49. The van der Waals surface area contributed by atoms with E-state index < -0.39 is 0 Å². The van der Waals surface area contributed by atoms with Gasteiger partial charge in [-0.1, -0.05) is 17.8 Å². The van der Waals surface area contributed by atoms with Crippen molar-refractivity contribution >= 4 is 17.7 Å². The van der Waals surface area contributed by atoms with Gasteiger partial charge < -0.3 is 14.2 Å². The number of thioether (sulfide) groups is 1. The minimum absolute atomic E-state index is 0.0802. The van der Waals surface area contributed by atoms with Crippen molar-refractivity contribution in [1.29, 1.82) is 0 Å². The monoisotopic (exact) mass is 325 g/mol. The fourth-order valence-electron chi connectivity index (χ4n) is 2.32. The number of carbonyl (C=O) groups excluding carboxylic acids is 1. The summed E-state index contributed by atoms with van der Waals surface area (Å²) < 4.78 is 16.4. The van der Waals surface area contributed by atoms with Crippen LogP contribution in [-0.2, 0) is 19.0 Å². The summed E-state index contributed by atoms with van der Waals surface area (Å²) in [5.41, 5.74) is 0. The lowest BCUT2D eigenvalue weighted by Crippen LogP contribution is -2.30. The number of carbonyl (C=O) groups is 1. The van der Waals surface area contributed by atoms with Crippen molar-refractivity contribution in [3.63, 3.8) is 0 Å². The Labute approximate surface area is 135 Å². The molecular formula is C16H23NO4S. The summed E-state index contributed by atoms with van der Waals surface area (Å²) in [6.07, 6.45) is 5.18. The van der Waals surface area contributed by atoms with Crippen LogP contribution in [0, 0.1) is 0 Å². The zero-order valence-electron chi connectivity index (χ0n) is 13.1. The first-order chi connectivity index (χ1) is 10.7. The van der Waals surface area contributed by atoms with Gasteiger partial charge in [-0.25, -0.2) is 4.98 Å². The third kappa shape index (κ3) is 5.59. The third-order valence-corrected chi connectivity index (χ3v) is 4.59. The maximum atomic E-state index is 12.0. The molecule has 122 valence electrons. The van der Waals surface area contributed by atoms with Gasteiger partial charge in [-0.05, 0) is 44.7 Å². The van der Waals surface area contributed by atoms with Gasteiger partial charge in [0, 0.05) is 12.8 Å². The van der Waals surface area contributed by atoms with Crippen molar-refractivity contribution in [2.75, 3.05) is 13.7 Å². The minimum Gasteiger partial charge on any atom is -0.468 e. The Morgan fingerprint density at radius 2 is 2.36 bits per heavy atom. The highest BCUT2D eigenvalue weighted by molar-refractivity contribution is 8.00. The molecule has 22 heavy (non-hydrogen) atoms. The Balaban J connectivity index is 1.89. The van der Waals surface area contributed by atoms with Crippen LogP contribution >= 0.6 is 11.8 Å². The zero-order chi connectivity index (χ0) is 15.8. The van der Waals surface area contributed by atoms with Crippen molar-refractivity contribution in [2.24, 2.45) is 0 Å². The molecule has 1 aliphatic heterocycles. The van der Waals surface area contributed by atoms with Gasteiger partial charge in [-0.3, -0.25) is 4.79 Å². The van der Waals surface area contributed by atoms with Crippen molar-refractivity contribution < 1.29 is 19.0 Å². The molecule has 0 N–H and O–H groups in total. The molecule has 0 aliphatic carbocycles. The van der Waals surface area contributed by atoms with E-state index in [9.17, 15) is 4.79 Å². The molecule has 0 saturated carbocycles. The molecule has 1 saturated heterocycles. The number of hydrogen-bond acceptors (Lipinski definition) is 6. The highest BCUT2D eigenvalue weighted by Crippen LogP contribution is 2.27. The summed E-state index contributed by atoms with van der Waals surface area (Å²) in [5.74, 6) is -0.254. The average molecular weight is 325 g/mol. The predicted octanol–water partition coefficient (Wildman–Crippen LogP) is 3.04. The van der Waals surface area contributed by atoms with Crippen LogP contribution < -0.4 is 0 Å². The van der Waals surface area contributed by atoms with Crippen LogP contribution in [0.5, 0.6) is 0 Å². The lowest BCUT2D eigenvalue weighted by molar-refractivity contribution is -0.186. The minimum atomic E-state index is -0.335. The Morgan fingerprint density at radius 1 is 1.50 bits per heavy atom. The van der Waals surface area contributed by atoms with Crippen LogP contribution in [0.4, 0.5) is 0 Å². The van der Waals surface area contributed by atoms with E-state index in [1.807, 2.05) is 25.1 Å². The average Bonchev–Trinajstić information content (AvgIpc) is 2.55. The number of methoxy groups -OCH3 is 1. The standard InChI is InChI=1S/C16H23NO4S/c1-12(21-15-8-4-6-10-20-15)11-13(16(18)19-2)22-14-7-3-5-9-17-14/h3,5,7,9,12-13,15H,4,6,8,10-11H2,1-2H3/t12?,13-,15+/m0/s1. The van der Waals surface area contributed by atoms with E-state index in [-0.39, 0.29) is 23.6 Å². The smallest absolute Gasteiger partial charge is 0.319 e. The molecule has 1 aromatic heterocycles. The maximum absolute atomic E-state index is 12.0. The molecule has 2 heterocycles. The van der Waals surface area contributed by atoms with Crippen LogP contribution in [-0.4, -0.2) is 42.3 Å². The Bertz CT molecular complexity index is 451. The van der Waals surface area contributed by atoms with E-state index in [1.54, 1.807) is 6.20 Å². The van der Waals surface area contributed by atoms with E-state index in [0.717, 1.165) is 30.9 Å². The number of aromatic nitrogens is 1. The second-order valence-electron chi connectivity index (χ2n) is 5.28. The summed E-state index contributed by atoms with van der Waals surface area (Å²) in [6.45, 7) is 2.72. The lowest BCUT2D eigenvalue weighted by atomic mass is 10.2. The Kier molecular flexibility index (Phi) is 7.15. The normalized spacial score (nSPS) is 21.1. The van der Waals surface area contributed by atoms with E-state index >= 15 is 0 Å². The molecule has 0 radical (unpaired) electrons. The summed E-state index contributed by atoms with van der Waals surface area (Å²) in [5, 5.41) is 0.470. The fourth-order valence-corrected chi connectivity index (χ4v) is 3.45. The van der Waals surface area contributed by atoms with E-state index in [0.29, 0.717) is 6.42 Å². The molecule has 3 atom stereocenters. The Morgan fingerprint density at radius 3 is 3.00 bits per heavy atom.